The lowest BCUT2D eigenvalue weighted by atomic mass is 10.2. The standard InChI is InChI=1S/C7H10O/c1-2-4-6-8-7-5-3-1/h4-7H,1-3H2/b6-4-,7-5-. The Morgan fingerprint density at radius 2 is 1.62 bits per heavy atom. The number of hydrogen-bond donors (Lipinski definition) is 0. The molecular formula is C7H10O. The van der Waals surface area contributed by atoms with Gasteiger partial charge in [0, 0.05) is 0 Å². The monoisotopic (exact) mass is 110 g/mol. The van der Waals surface area contributed by atoms with Crippen molar-refractivity contribution in [3.05, 3.63) is 24.7 Å². The van der Waals surface area contributed by atoms with Crippen LogP contribution in [-0.4, -0.2) is 0 Å². The van der Waals surface area contributed by atoms with Crippen LogP contribution in [0.3, 0.4) is 0 Å². The Morgan fingerprint density at radius 3 is 2.25 bits per heavy atom. The van der Waals surface area contributed by atoms with Gasteiger partial charge in [-0.3, -0.25) is 0 Å². The summed E-state index contributed by atoms with van der Waals surface area (Å²) in [7, 11) is 0. The second kappa shape index (κ2) is 3.30. The van der Waals surface area contributed by atoms with E-state index in [0.717, 1.165) is 12.8 Å². The zero-order valence-corrected chi connectivity index (χ0v) is 4.84. The number of hydrogen-bond acceptors (Lipinski definition) is 1. The quantitative estimate of drug-likeness (QED) is 0.464. The van der Waals surface area contributed by atoms with Gasteiger partial charge in [0.1, 0.15) is 0 Å². The molecule has 1 aliphatic heterocycles. The molecule has 0 aromatic carbocycles. The third kappa shape index (κ3) is 1.82. The Morgan fingerprint density at radius 1 is 1.00 bits per heavy atom. The highest BCUT2D eigenvalue weighted by molar-refractivity contribution is 4.84. The van der Waals surface area contributed by atoms with Gasteiger partial charge in [-0.15, -0.1) is 0 Å². The summed E-state index contributed by atoms with van der Waals surface area (Å²) >= 11 is 0. The summed E-state index contributed by atoms with van der Waals surface area (Å²) < 4.78 is 4.91. The molecule has 0 amide bonds. The summed E-state index contributed by atoms with van der Waals surface area (Å²) in [6, 6.07) is 0. The molecule has 0 aromatic rings. The van der Waals surface area contributed by atoms with E-state index in [1.807, 2.05) is 12.2 Å². The number of ether oxygens (including phenoxy) is 1. The lowest BCUT2D eigenvalue weighted by Crippen LogP contribution is -1.75. The van der Waals surface area contributed by atoms with Crippen molar-refractivity contribution in [2.24, 2.45) is 0 Å². The van der Waals surface area contributed by atoms with Crippen LogP contribution in [0.15, 0.2) is 24.7 Å². The summed E-state index contributed by atoms with van der Waals surface area (Å²) in [5.74, 6) is 0. The SMILES string of the molecule is C1=C\O/C=C\CCC/1. The van der Waals surface area contributed by atoms with Crippen LogP contribution >= 0.6 is 0 Å². The molecule has 0 fully saturated rings. The predicted molar refractivity (Wildman–Crippen MR) is 33.2 cm³/mol. The van der Waals surface area contributed by atoms with E-state index in [0.29, 0.717) is 0 Å². The molecule has 1 rings (SSSR count). The Bertz CT molecular complexity index is 91.0. The van der Waals surface area contributed by atoms with Crippen LogP contribution < -0.4 is 0 Å². The average Bonchev–Trinajstić information content (AvgIpc) is 1.62. The van der Waals surface area contributed by atoms with Crippen molar-refractivity contribution in [2.75, 3.05) is 0 Å². The molecule has 1 nitrogen and oxygen atoms in total. The first-order valence-corrected chi connectivity index (χ1v) is 2.95. The van der Waals surface area contributed by atoms with Gasteiger partial charge in [0.2, 0.25) is 0 Å². The minimum atomic E-state index is 1.14. The van der Waals surface area contributed by atoms with E-state index < -0.39 is 0 Å². The van der Waals surface area contributed by atoms with E-state index in [-0.39, 0.29) is 0 Å². The van der Waals surface area contributed by atoms with E-state index in [2.05, 4.69) is 0 Å². The van der Waals surface area contributed by atoms with Crippen LogP contribution in [-0.2, 0) is 4.74 Å². The lowest BCUT2D eigenvalue weighted by Gasteiger charge is -1.95. The third-order valence-corrected chi connectivity index (χ3v) is 1.09. The van der Waals surface area contributed by atoms with Crippen molar-refractivity contribution in [1.29, 1.82) is 0 Å². The van der Waals surface area contributed by atoms with Crippen molar-refractivity contribution in [2.45, 2.75) is 19.3 Å². The highest BCUT2D eigenvalue weighted by Crippen LogP contribution is 2.01. The molecule has 0 saturated heterocycles. The summed E-state index contributed by atoms with van der Waals surface area (Å²) in [5.41, 5.74) is 0. The Kier molecular flexibility index (Phi) is 2.24. The summed E-state index contributed by atoms with van der Waals surface area (Å²) in [4.78, 5) is 0. The van der Waals surface area contributed by atoms with Crippen LogP contribution in [0.5, 0.6) is 0 Å². The van der Waals surface area contributed by atoms with Gasteiger partial charge in [-0.1, -0.05) is 0 Å². The van der Waals surface area contributed by atoms with Crippen molar-refractivity contribution in [1.82, 2.24) is 0 Å². The maximum Gasteiger partial charge on any atom is 0.0861 e. The molecule has 0 bridgehead atoms. The maximum absolute atomic E-state index is 4.91. The Balaban J connectivity index is 2.31. The molecule has 1 heterocycles. The van der Waals surface area contributed by atoms with Crippen LogP contribution in [0.4, 0.5) is 0 Å². The van der Waals surface area contributed by atoms with Gasteiger partial charge >= 0.3 is 0 Å². The molecule has 1 heteroatoms. The molecule has 0 aromatic heterocycles. The molecular weight excluding hydrogens is 100 g/mol. The molecule has 0 unspecified atom stereocenters. The fraction of sp³-hybridized carbons (Fsp3) is 0.429. The molecule has 0 N–H and O–H groups in total. The topological polar surface area (TPSA) is 9.23 Å². The van der Waals surface area contributed by atoms with Crippen LogP contribution in [0.25, 0.3) is 0 Å². The van der Waals surface area contributed by atoms with Crippen LogP contribution in [0, 0.1) is 0 Å². The Hall–Kier alpha value is -0.720. The van der Waals surface area contributed by atoms with Gasteiger partial charge < -0.3 is 4.74 Å². The predicted octanol–water partition coefficient (Wildman–Crippen LogP) is 2.21. The highest BCUT2D eigenvalue weighted by Gasteiger charge is 1.82. The van der Waals surface area contributed by atoms with Crippen molar-refractivity contribution in [3.8, 4) is 0 Å². The molecule has 0 aliphatic carbocycles. The van der Waals surface area contributed by atoms with Gasteiger partial charge in [-0.25, -0.2) is 0 Å². The molecule has 1 aliphatic rings. The first kappa shape index (κ1) is 5.42. The van der Waals surface area contributed by atoms with E-state index in [1.165, 1.54) is 6.42 Å². The maximum atomic E-state index is 4.91. The van der Waals surface area contributed by atoms with Gasteiger partial charge in [0.05, 0.1) is 12.5 Å². The molecule has 0 saturated carbocycles. The zero-order chi connectivity index (χ0) is 5.66. The normalized spacial score (nSPS) is 27.0. The molecule has 0 atom stereocenters. The summed E-state index contributed by atoms with van der Waals surface area (Å²) in [6.07, 6.45) is 11.1. The van der Waals surface area contributed by atoms with Crippen molar-refractivity contribution in [3.63, 3.8) is 0 Å². The van der Waals surface area contributed by atoms with Gasteiger partial charge in [-0.2, -0.15) is 0 Å². The van der Waals surface area contributed by atoms with Gasteiger partial charge in [0.15, 0.2) is 0 Å². The fourth-order valence-corrected chi connectivity index (χ4v) is 0.646. The van der Waals surface area contributed by atoms with Gasteiger partial charge in [-0.05, 0) is 31.4 Å². The van der Waals surface area contributed by atoms with Crippen LogP contribution in [0.1, 0.15) is 19.3 Å². The van der Waals surface area contributed by atoms with Crippen molar-refractivity contribution >= 4 is 0 Å². The number of rotatable bonds is 0. The van der Waals surface area contributed by atoms with E-state index >= 15 is 0 Å². The molecule has 0 spiro atoms. The highest BCUT2D eigenvalue weighted by atomic mass is 16.5. The number of allylic oxidation sites excluding steroid dienone is 2. The second-order valence-corrected chi connectivity index (χ2v) is 1.81. The largest absolute Gasteiger partial charge is 0.473 e. The summed E-state index contributed by atoms with van der Waals surface area (Å²) in [5, 5.41) is 0. The fourth-order valence-electron chi connectivity index (χ4n) is 0.646. The Labute approximate surface area is 49.7 Å². The van der Waals surface area contributed by atoms with E-state index in [1.54, 1.807) is 12.5 Å². The molecule has 0 radical (unpaired) electrons. The first-order valence-electron chi connectivity index (χ1n) is 2.95. The van der Waals surface area contributed by atoms with E-state index in [9.17, 15) is 0 Å². The zero-order valence-electron chi connectivity index (χ0n) is 4.84. The van der Waals surface area contributed by atoms with E-state index in [4.69, 9.17) is 4.74 Å². The lowest BCUT2D eigenvalue weighted by molar-refractivity contribution is 0.395. The van der Waals surface area contributed by atoms with Crippen LogP contribution in [0.2, 0.25) is 0 Å². The minimum absolute atomic E-state index is 1.14. The first-order chi connectivity index (χ1) is 4.00. The van der Waals surface area contributed by atoms with Crippen molar-refractivity contribution < 1.29 is 4.74 Å². The smallest absolute Gasteiger partial charge is 0.0861 e. The van der Waals surface area contributed by atoms with Gasteiger partial charge in [0.25, 0.3) is 0 Å². The third-order valence-electron chi connectivity index (χ3n) is 1.09. The minimum Gasteiger partial charge on any atom is -0.473 e. The average molecular weight is 110 g/mol. The summed E-state index contributed by atoms with van der Waals surface area (Å²) in [6.45, 7) is 0. The molecule has 8 heavy (non-hydrogen) atoms. The second-order valence-electron chi connectivity index (χ2n) is 1.81. The molecule has 44 valence electrons.